The second-order valence-corrected chi connectivity index (χ2v) is 9.56. The van der Waals surface area contributed by atoms with Crippen LogP contribution in [0.1, 0.15) is 62.7 Å². The van der Waals surface area contributed by atoms with Gasteiger partial charge >= 0.3 is 0 Å². The molecule has 7 heteroatoms. The van der Waals surface area contributed by atoms with E-state index in [4.69, 9.17) is 15.4 Å². The SMILES string of the molecule is CC1(C)CCc2c(-c3nc(-c4ccc(C(N)=O)cc4)no3)nn(C(C)(C)C)c2C1. The Labute approximate surface area is 170 Å². The van der Waals surface area contributed by atoms with Gasteiger partial charge in [0.1, 0.15) is 0 Å². The lowest BCUT2D eigenvalue weighted by Crippen LogP contribution is -2.30. The summed E-state index contributed by atoms with van der Waals surface area (Å²) in [5.74, 6) is 0.428. The minimum Gasteiger partial charge on any atom is -0.366 e. The van der Waals surface area contributed by atoms with Gasteiger partial charge in [0.25, 0.3) is 5.89 Å². The number of carbonyl (C=O) groups excluding carboxylic acids is 1. The fourth-order valence-corrected chi connectivity index (χ4v) is 3.88. The van der Waals surface area contributed by atoms with Crippen LogP contribution in [0.15, 0.2) is 28.8 Å². The number of nitrogens with zero attached hydrogens (tertiary/aromatic N) is 4. The number of carbonyl (C=O) groups is 1. The number of fused-ring (bicyclic) bond motifs is 1. The van der Waals surface area contributed by atoms with Crippen LogP contribution in [0.5, 0.6) is 0 Å². The molecule has 0 bridgehead atoms. The van der Waals surface area contributed by atoms with Crippen molar-refractivity contribution in [2.45, 2.75) is 59.4 Å². The quantitative estimate of drug-likeness (QED) is 0.726. The number of hydrogen-bond acceptors (Lipinski definition) is 5. The zero-order valence-corrected chi connectivity index (χ0v) is 17.6. The molecule has 1 amide bonds. The van der Waals surface area contributed by atoms with Crippen molar-refractivity contribution in [1.29, 1.82) is 0 Å². The summed E-state index contributed by atoms with van der Waals surface area (Å²) >= 11 is 0. The molecule has 1 aliphatic rings. The Balaban J connectivity index is 1.75. The highest BCUT2D eigenvalue weighted by atomic mass is 16.5. The highest BCUT2D eigenvalue weighted by Crippen LogP contribution is 2.40. The van der Waals surface area contributed by atoms with E-state index in [9.17, 15) is 4.79 Å². The highest BCUT2D eigenvalue weighted by molar-refractivity contribution is 5.93. The molecular weight excluding hydrogens is 366 g/mol. The van der Waals surface area contributed by atoms with Gasteiger partial charge in [-0.25, -0.2) is 0 Å². The molecule has 152 valence electrons. The first-order valence-corrected chi connectivity index (χ1v) is 9.91. The molecule has 1 aromatic carbocycles. The van der Waals surface area contributed by atoms with Gasteiger partial charge in [-0.3, -0.25) is 9.48 Å². The van der Waals surface area contributed by atoms with E-state index >= 15 is 0 Å². The third-order valence-corrected chi connectivity index (χ3v) is 5.48. The predicted octanol–water partition coefficient (Wildman–Crippen LogP) is 3.97. The van der Waals surface area contributed by atoms with Gasteiger partial charge in [0.15, 0.2) is 5.69 Å². The summed E-state index contributed by atoms with van der Waals surface area (Å²) in [6.07, 6.45) is 3.01. The molecule has 2 N–H and O–H groups in total. The van der Waals surface area contributed by atoms with E-state index in [0.717, 1.165) is 30.5 Å². The summed E-state index contributed by atoms with van der Waals surface area (Å²) in [5, 5.41) is 9.04. The Kier molecular flexibility index (Phi) is 4.37. The van der Waals surface area contributed by atoms with E-state index in [1.807, 2.05) is 0 Å². The first-order chi connectivity index (χ1) is 13.5. The van der Waals surface area contributed by atoms with Crippen molar-refractivity contribution < 1.29 is 9.32 Å². The van der Waals surface area contributed by atoms with Crippen molar-refractivity contribution in [3.8, 4) is 23.0 Å². The zero-order valence-electron chi connectivity index (χ0n) is 17.6. The molecular formula is C22H27N5O2. The van der Waals surface area contributed by atoms with Crippen LogP contribution in [0.3, 0.4) is 0 Å². The fraction of sp³-hybridized carbons (Fsp3) is 0.455. The molecule has 0 saturated heterocycles. The Hall–Kier alpha value is -2.96. The summed E-state index contributed by atoms with van der Waals surface area (Å²) < 4.78 is 7.71. The zero-order chi connectivity index (χ0) is 21.0. The molecule has 2 heterocycles. The average Bonchev–Trinajstić information content (AvgIpc) is 3.24. The molecule has 0 spiro atoms. The lowest BCUT2D eigenvalue weighted by molar-refractivity contribution is 0.100. The number of aromatic nitrogens is 4. The van der Waals surface area contributed by atoms with Crippen molar-refractivity contribution in [3.63, 3.8) is 0 Å². The van der Waals surface area contributed by atoms with Gasteiger partial charge < -0.3 is 10.3 Å². The number of primary amides is 1. The Morgan fingerprint density at radius 1 is 1.21 bits per heavy atom. The van der Waals surface area contributed by atoms with Crippen LogP contribution >= 0.6 is 0 Å². The molecule has 0 aliphatic heterocycles. The van der Waals surface area contributed by atoms with E-state index in [2.05, 4.69) is 49.4 Å². The molecule has 0 atom stereocenters. The smallest absolute Gasteiger partial charge is 0.279 e. The second kappa shape index (κ2) is 6.54. The van der Waals surface area contributed by atoms with Gasteiger partial charge in [0, 0.05) is 22.4 Å². The number of nitrogens with two attached hydrogens (primary N) is 1. The van der Waals surface area contributed by atoms with E-state index < -0.39 is 5.91 Å². The summed E-state index contributed by atoms with van der Waals surface area (Å²) in [4.78, 5) is 15.9. The van der Waals surface area contributed by atoms with Crippen molar-refractivity contribution in [3.05, 3.63) is 41.1 Å². The average molecular weight is 393 g/mol. The van der Waals surface area contributed by atoms with Crippen molar-refractivity contribution in [1.82, 2.24) is 19.9 Å². The summed E-state index contributed by atoms with van der Waals surface area (Å²) in [5.41, 5.74) is 9.86. The van der Waals surface area contributed by atoms with Crippen molar-refractivity contribution >= 4 is 5.91 Å². The van der Waals surface area contributed by atoms with Gasteiger partial charge in [-0.1, -0.05) is 31.1 Å². The highest BCUT2D eigenvalue weighted by Gasteiger charge is 2.35. The third kappa shape index (κ3) is 3.57. The molecule has 4 rings (SSSR count). The largest absolute Gasteiger partial charge is 0.366 e. The maximum absolute atomic E-state index is 11.3. The number of hydrogen-bond donors (Lipinski definition) is 1. The van der Waals surface area contributed by atoms with E-state index in [-0.39, 0.29) is 11.0 Å². The molecule has 0 radical (unpaired) electrons. The predicted molar refractivity (Wildman–Crippen MR) is 110 cm³/mol. The lowest BCUT2D eigenvalue weighted by atomic mass is 9.76. The van der Waals surface area contributed by atoms with Gasteiger partial charge in [0.05, 0.1) is 5.54 Å². The van der Waals surface area contributed by atoms with Gasteiger partial charge in [-0.2, -0.15) is 10.1 Å². The van der Waals surface area contributed by atoms with Crippen LogP contribution in [0.4, 0.5) is 0 Å². The molecule has 2 aromatic heterocycles. The second-order valence-electron chi connectivity index (χ2n) is 9.56. The van der Waals surface area contributed by atoms with Crippen LogP contribution in [-0.2, 0) is 18.4 Å². The fourth-order valence-electron chi connectivity index (χ4n) is 3.88. The summed E-state index contributed by atoms with van der Waals surface area (Å²) in [6.45, 7) is 11.1. The minimum absolute atomic E-state index is 0.136. The normalized spacial score (nSPS) is 15.9. The van der Waals surface area contributed by atoms with Crippen LogP contribution in [0, 0.1) is 5.41 Å². The van der Waals surface area contributed by atoms with Gasteiger partial charge in [-0.15, -0.1) is 0 Å². The standard InChI is InChI=1S/C22H27N5O2/c1-21(2,3)27-16-12-22(4,5)11-10-15(16)17(25-27)20-24-19(26-29-20)14-8-6-13(7-9-14)18(23)28/h6-9H,10-12H2,1-5H3,(H2,23,28). The van der Waals surface area contributed by atoms with Gasteiger partial charge in [-0.05, 0) is 57.6 Å². The van der Waals surface area contributed by atoms with Crippen molar-refractivity contribution in [2.24, 2.45) is 11.1 Å². The lowest BCUT2D eigenvalue weighted by Gasteiger charge is -2.32. The van der Waals surface area contributed by atoms with Crippen LogP contribution in [0.25, 0.3) is 23.0 Å². The Bertz CT molecular complexity index is 1070. The Morgan fingerprint density at radius 2 is 1.90 bits per heavy atom. The number of benzene rings is 1. The molecule has 3 aromatic rings. The third-order valence-electron chi connectivity index (χ3n) is 5.48. The van der Waals surface area contributed by atoms with Crippen LogP contribution < -0.4 is 5.73 Å². The molecule has 7 nitrogen and oxygen atoms in total. The van der Waals surface area contributed by atoms with E-state index in [0.29, 0.717) is 17.3 Å². The first-order valence-electron chi connectivity index (χ1n) is 9.91. The van der Waals surface area contributed by atoms with Gasteiger partial charge in [0.2, 0.25) is 11.7 Å². The van der Waals surface area contributed by atoms with E-state index in [1.54, 1.807) is 24.3 Å². The summed E-state index contributed by atoms with van der Waals surface area (Å²) in [7, 11) is 0. The van der Waals surface area contributed by atoms with E-state index in [1.165, 1.54) is 11.3 Å². The monoisotopic (exact) mass is 393 g/mol. The van der Waals surface area contributed by atoms with Crippen molar-refractivity contribution in [2.75, 3.05) is 0 Å². The molecule has 0 fully saturated rings. The molecule has 1 aliphatic carbocycles. The maximum Gasteiger partial charge on any atom is 0.279 e. The molecule has 0 saturated carbocycles. The summed E-state index contributed by atoms with van der Waals surface area (Å²) in [6, 6.07) is 6.85. The Morgan fingerprint density at radius 3 is 2.52 bits per heavy atom. The first kappa shape index (κ1) is 19.4. The maximum atomic E-state index is 11.3. The van der Waals surface area contributed by atoms with Crippen LogP contribution in [-0.4, -0.2) is 25.8 Å². The minimum atomic E-state index is -0.465. The van der Waals surface area contributed by atoms with Crippen LogP contribution in [0.2, 0.25) is 0 Å². The number of amides is 1. The molecule has 29 heavy (non-hydrogen) atoms. The number of rotatable bonds is 3. The topological polar surface area (TPSA) is 99.8 Å². The molecule has 0 unspecified atom stereocenters.